The first kappa shape index (κ1) is 18.9. The summed E-state index contributed by atoms with van der Waals surface area (Å²) in [6.45, 7) is 1.30. The van der Waals surface area contributed by atoms with Crippen molar-refractivity contribution in [2.75, 3.05) is 12.3 Å². The Kier molecular flexibility index (Phi) is 4.78. The summed E-state index contributed by atoms with van der Waals surface area (Å²) in [6.07, 6.45) is 0.821. The van der Waals surface area contributed by atoms with Crippen molar-refractivity contribution in [3.05, 3.63) is 65.6 Å². The molecule has 0 saturated carbocycles. The Labute approximate surface area is 177 Å². The molecule has 0 unspecified atom stereocenters. The van der Waals surface area contributed by atoms with Crippen molar-refractivity contribution in [1.82, 2.24) is 24.6 Å². The molecule has 0 radical (unpaired) electrons. The van der Waals surface area contributed by atoms with Crippen molar-refractivity contribution >= 4 is 28.6 Å². The van der Waals surface area contributed by atoms with Gasteiger partial charge in [0.25, 0.3) is 0 Å². The third kappa shape index (κ3) is 3.27. The van der Waals surface area contributed by atoms with Crippen LogP contribution in [0.5, 0.6) is 0 Å². The molecule has 1 amide bonds. The van der Waals surface area contributed by atoms with E-state index in [0.717, 1.165) is 11.9 Å². The van der Waals surface area contributed by atoms with Crippen molar-refractivity contribution < 1.29 is 9.18 Å². The van der Waals surface area contributed by atoms with Crippen LogP contribution in [0.2, 0.25) is 0 Å². The fourth-order valence-corrected chi connectivity index (χ4v) is 4.73. The van der Waals surface area contributed by atoms with E-state index in [0.29, 0.717) is 29.6 Å². The van der Waals surface area contributed by atoms with Crippen LogP contribution in [0.3, 0.4) is 0 Å². The van der Waals surface area contributed by atoms with Crippen LogP contribution in [0.15, 0.2) is 53.7 Å². The second-order valence-corrected chi connectivity index (χ2v) is 8.27. The Morgan fingerprint density at radius 1 is 1.17 bits per heavy atom. The minimum atomic E-state index is -0.344. The number of amides is 1. The maximum atomic E-state index is 14.1. The number of fused-ring (bicyclic) bond motifs is 3. The highest BCUT2D eigenvalue weighted by Crippen LogP contribution is 2.29. The summed E-state index contributed by atoms with van der Waals surface area (Å²) in [5.41, 5.74) is 3.94. The lowest BCUT2D eigenvalue weighted by Gasteiger charge is -2.27. The van der Waals surface area contributed by atoms with Crippen molar-refractivity contribution in [3.63, 3.8) is 0 Å². The molecule has 0 bridgehead atoms. The lowest BCUT2D eigenvalue weighted by atomic mass is 10.0. The van der Waals surface area contributed by atoms with Crippen molar-refractivity contribution in [2.24, 2.45) is 7.05 Å². The molecule has 0 fully saturated rings. The Morgan fingerprint density at radius 3 is 2.83 bits per heavy atom. The summed E-state index contributed by atoms with van der Waals surface area (Å²) in [4.78, 5) is 18.2. The zero-order chi connectivity index (χ0) is 20.7. The molecular formula is C22H20FN5OS. The predicted octanol–water partition coefficient (Wildman–Crippen LogP) is 3.78. The molecule has 1 N–H and O–H groups in total. The summed E-state index contributed by atoms with van der Waals surface area (Å²) < 4.78 is 15.8. The van der Waals surface area contributed by atoms with Crippen LogP contribution >= 0.6 is 11.8 Å². The molecule has 1 aliphatic heterocycles. The number of aromatic amines is 1. The lowest BCUT2D eigenvalue weighted by Crippen LogP contribution is -2.36. The van der Waals surface area contributed by atoms with E-state index < -0.39 is 0 Å². The Bertz CT molecular complexity index is 1250. The largest absolute Gasteiger partial charge is 0.358 e. The van der Waals surface area contributed by atoms with Crippen LogP contribution in [0, 0.1) is 5.82 Å². The zero-order valence-electron chi connectivity index (χ0n) is 16.4. The van der Waals surface area contributed by atoms with Gasteiger partial charge in [0, 0.05) is 48.7 Å². The maximum absolute atomic E-state index is 14.1. The molecule has 8 heteroatoms. The Morgan fingerprint density at radius 2 is 1.97 bits per heavy atom. The second kappa shape index (κ2) is 7.60. The SMILES string of the molecule is Cn1c(SCC(=O)N2CCc3[nH]c4ccccc4c3C2)nnc1-c1ccccc1F. The van der Waals surface area contributed by atoms with E-state index in [1.165, 1.54) is 34.5 Å². The molecule has 2 aromatic heterocycles. The van der Waals surface area contributed by atoms with Gasteiger partial charge in [0.15, 0.2) is 11.0 Å². The number of benzene rings is 2. The molecule has 0 spiro atoms. The normalized spacial score (nSPS) is 13.6. The quantitative estimate of drug-likeness (QED) is 0.509. The van der Waals surface area contributed by atoms with Gasteiger partial charge in [-0.2, -0.15) is 0 Å². The smallest absolute Gasteiger partial charge is 0.233 e. The number of H-pyrrole nitrogens is 1. The van der Waals surface area contributed by atoms with Gasteiger partial charge in [-0.3, -0.25) is 4.79 Å². The van der Waals surface area contributed by atoms with Gasteiger partial charge in [-0.05, 0) is 18.2 Å². The van der Waals surface area contributed by atoms with Gasteiger partial charge >= 0.3 is 0 Å². The third-order valence-corrected chi connectivity index (χ3v) is 6.51. The fourth-order valence-electron chi connectivity index (χ4n) is 3.91. The van der Waals surface area contributed by atoms with Crippen LogP contribution in [-0.4, -0.2) is 42.9 Å². The molecule has 0 atom stereocenters. The second-order valence-electron chi connectivity index (χ2n) is 7.33. The van der Waals surface area contributed by atoms with Gasteiger partial charge in [-0.25, -0.2) is 4.39 Å². The first-order valence-corrected chi connectivity index (χ1v) is 10.7. The average molecular weight is 422 g/mol. The van der Waals surface area contributed by atoms with E-state index in [2.05, 4.69) is 27.3 Å². The highest BCUT2D eigenvalue weighted by Gasteiger charge is 2.24. The van der Waals surface area contributed by atoms with Crippen molar-refractivity contribution in [3.8, 4) is 11.4 Å². The van der Waals surface area contributed by atoms with Gasteiger partial charge in [0.1, 0.15) is 5.82 Å². The standard InChI is InChI=1S/C22H20FN5OS/c1-27-21(15-7-2-4-8-17(15)23)25-26-22(27)30-13-20(29)28-11-10-19-16(12-28)14-6-3-5-9-18(14)24-19/h2-9,24H,10-13H2,1H3. The minimum Gasteiger partial charge on any atom is -0.358 e. The number of thioether (sulfide) groups is 1. The van der Waals surface area contributed by atoms with Crippen LogP contribution < -0.4 is 0 Å². The molecule has 0 aliphatic carbocycles. The number of hydrogen-bond donors (Lipinski definition) is 1. The number of hydrogen-bond acceptors (Lipinski definition) is 4. The molecular weight excluding hydrogens is 401 g/mol. The van der Waals surface area contributed by atoms with E-state index in [4.69, 9.17) is 0 Å². The Balaban J connectivity index is 1.29. The summed E-state index contributed by atoms with van der Waals surface area (Å²) in [5, 5.41) is 10.0. The van der Waals surface area contributed by atoms with Crippen LogP contribution in [-0.2, 0) is 24.8 Å². The van der Waals surface area contributed by atoms with E-state index in [-0.39, 0.29) is 17.5 Å². The number of para-hydroxylation sites is 1. The number of halogens is 1. The van der Waals surface area contributed by atoms with Crippen LogP contribution in [0.1, 0.15) is 11.3 Å². The highest BCUT2D eigenvalue weighted by atomic mass is 32.2. The monoisotopic (exact) mass is 421 g/mol. The van der Waals surface area contributed by atoms with Crippen LogP contribution in [0.25, 0.3) is 22.3 Å². The predicted molar refractivity (Wildman–Crippen MR) is 115 cm³/mol. The summed E-state index contributed by atoms with van der Waals surface area (Å²) in [5.74, 6) is 0.431. The molecule has 4 aromatic rings. The van der Waals surface area contributed by atoms with Gasteiger partial charge in [-0.1, -0.05) is 42.1 Å². The van der Waals surface area contributed by atoms with Gasteiger partial charge in [0.05, 0.1) is 11.3 Å². The molecule has 1 aliphatic rings. The highest BCUT2D eigenvalue weighted by molar-refractivity contribution is 7.99. The fraction of sp³-hybridized carbons (Fsp3) is 0.227. The van der Waals surface area contributed by atoms with Gasteiger partial charge in [-0.15, -0.1) is 10.2 Å². The molecule has 5 rings (SSSR count). The lowest BCUT2D eigenvalue weighted by molar-refractivity contribution is -0.129. The van der Waals surface area contributed by atoms with Crippen LogP contribution in [0.4, 0.5) is 4.39 Å². The molecule has 6 nitrogen and oxygen atoms in total. The van der Waals surface area contributed by atoms with Crippen molar-refractivity contribution in [2.45, 2.75) is 18.1 Å². The zero-order valence-corrected chi connectivity index (χ0v) is 17.2. The Hall–Kier alpha value is -3.13. The molecule has 3 heterocycles. The number of carbonyl (C=O) groups is 1. The number of rotatable bonds is 4. The summed E-state index contributed by atoms with van der Waals surface area (Å²) in [7, 11) is 1.79. The molecule has 30 heavy (non-hydrogen) atoms. The molecule has 152 valence electrons. The van der Waals surface area contributed by atoms with E-state index in [9.17, 15) is 9.18 Å². The molecule has 2 aromatic carbocycles. The van der Waals surface area contributed by atoms with Crippen molar-refractivity contribution in [1.29, 1.82) is 0 Å². The average Bonchev–Trinajstić information content (AvgIpc) is 3.32. The number of nitrogens with zero attached hydrogens (tertiary/aromatic N) is 4. The minimum absolute atomic E-state index is 0.0615. The summed E-state index contributed by atoms with van der Waals surface area (Å²) >= 11 is 1.33. The third-order valence-electron chi connectivity index (χ3n) is 5.51. The summed E-state index contributed by atoms with van der Waals surface area (Å²) in [6, 6.07) is 14.7. The number of carbonyl (C=O) groups excluding carboxylic acids is 1. The van der Waals surface area contributed by atoms with Gasteiger partial charge < -0.3 is 14.5 Å². The van der Waals surface area contributed by atoms with E-state index in [1.807, 2.05) is 17.0 Å². The first-order valence-electron chi connectivity index (χ1n) is 9.75. The first-order chi connectivity index (χ1) is 14.6. The van der Waals surface area contributed by atoms with E-state index in [1.54, 1.807) is 29.8 Å². The number of nitrogens with one attached hydrogen (secondary N) is 1. The topological polar surface area (TPSA) is 66.8 Å². The number of aromatic nitrogens is 4. The maximum Gasteiger partial charge on any atom is 0.233 e. The van der Waals surface area contributed by atoms with Gasteiger partial charge in [0.2, 0.25) is 5.91 Å². The van der Waals surface area contributed by atoms with E-state index >= 15 is 0 Å². The molecule has 0 saturated heterocycles.